The van der Waals surface area contributed by atoms with Crippen molar-refractivity contribution in [3.63, 3.8) is 0 Å². The van der Waals surface area contributed by atoms with E-state index in [0.29, 0.717) is 23.8 Å². The highest BCUT2D eigenvalue weighted by Gasteiger charge is 2.41. The molecule has 0 amide bonds. The van der Waals surface area contributed by atoms with Crippen LogP contribution in [0.2, 0.25) is 0 Å². The Morgan fingerprint density at radius 1 is 1.59 bits per heavy atom. The first-order valence-electron chi connectivity index (χ1n) is 5.35. The van der Waals surface area contributed by atoms with Crippen molar-refractivity contribution in [3.05, 3.63) is 15.6 Å². The van der Waals surface area contributed by atoms with Crippen LogP contribution >= 0.6 is 27.3 Å². The van der Waals surface area contributed by atoms with Crippen molar-refractivity contribution in [3.8, 4) is 0 Å². The Hall–Kier alpha value is -0.460. The fourth-order valence-electron chi connectivity index (χ4n) is 1.37. The smallest absolute Gasteiger partial charge is 0.350 e. The molecule has 2 rings (SSSR count). The van der Waals surface area contributed by atoms with Crippen molar-refractivity contribution >= 4 is 33.2 Å². The van der Waals surface area contributed by atoms with Crippen molar-refractivity contribution in [1.29, 1.82) is 0 Å². The van der Waals surface area contributed by atoms with Crippen LogP contribution < -0.4 is 0 Å². The molecule has 1 aromatic heterocycles. The minimum atomic E-state index is -0.284. The Labute approximate surface area is 112 Å². The van der Waals surface area contributed by atoms with Gasteiger partial charge in [-0.3, -0.25) is 0 Å². The maximum Gasteiger partial charge on any atom is 0.350 e. The van der Waals surface area contributed by atoms with E-state index in [1.165, 1.54) is 11.3 Å². The Bertz CT molecular complexity index is 428. The van der Waals surface area contributed by atoms with Crippen LogP contribution in [0.4, 0.5) is 0 Å². The Kier molecular flexibility index (Phi) is 3.85. The number of methoxy groups -OCH3 is 1. The van der Waals surface area contributed by atoms with Crippen LogP contribution in [0.3, 0.4) is 0 Å². The summed E-state index contributed by atoms with van der Waals surface area (Å²) >= 11 is 4.87. The molecule has 1 fully saturated rings. The molecule has 0 radical (unpaired) electrons. The number of carbonyl (C=O) groups is 1. The summed E-state index contributed by atoms with van der Waals surface area (Å²) in [5.41, 5.74) is 0.714. The van der Waals surface area contributed by atoms with E-state index in [2.05, 4.69) is 20.9 Å². The molecule has 1 aromatic rings. The van der Waals surface area contributed by atoms with Crippen molar-refractivity contribution in [2.24, 2.45) is 0 Å². The zero-order valence-corrected chi connectivity index (χ0v) is 12.2. The van der Waals surface area contributed by atoms with E-state index in [4.69, 9.17) is 9.47 Å². The predicted molar refractivity (Wildman–Crippen MR) is 68.7 cm³/mol. The lowest BCUT2D eigenvalue weighted by atomic mass is 10.4. The zero-order valence-electron chi connectivity index (χ0n) is 9.79. The average molecular weight is 320 g/mol. The van der Waals surface area contributed by atoms with Gasteiger partial charge in [-0.25, -0.2) is 9.78 Å². The van der Waals surface area contributed by atoms with Crippen LogP contribution in [0.15, 0.2) is 0 Å². The summed E-state index contributed by atoms with van der Waals surface area (Å²) in [5, 5.41) is 0.803. The number of hydrogen-bond donors (Lipinski definition) is 0. The highest BCUT2D eigenvalue weighted by atomic mass is 79.9. The summed E-state index contributed by atoms with van der Waals surface area (Å²) in [4.78, 5) is 16.7. The SMILES string of the molecule is COCc1nc(C)c(C(=O)OCC2(Br)CC2)s1. The van der Waals surface area contributed by atoms with Gasteiger partial charge in [-0.15, -0.1) is 11.3 Å². The zero-order chi connectivity index (χ0) is 12.5. The molecule has 17 heavy (non-hydrogen) atoms. The largest absolute Gasteiger partial charge is 0.460 e. The normalized spacial score (nSPS) is 16.9. The average Bonchev–Trinajstić information content (AvgIpc) is 2.90. The van der Waals surface area contributed by atoms with Gasteiger partial charge in [0.25, 0.3) is 0 Å². The van der Waals surface area contributed by atoms with Gasteiger partial charge in [0, 0.05) is 7.11 Å². The van der Waals surface area contributed by atoms with Gasteiger partial charge in [0.2, 0.25) is 0 Å². The lowest BCUT2D eigenvalue weighted by Crippen LogP contribution is -2.14. The molecule has 4 nitrogen and oxygen atoms in total. The standard InChI is InChI=1S/C11H14BrNO3S/c1-7-9(17-8(13-7)5-15-2)10(14)16-6-11(12)3-4-11/h3-6H2,1-2H3. The molecule has 0 unspecified atom stereocenters. The number of ether oxygens (including phenoxy) is 2. The van der Waals surface area contributed by atoms with Crippen LogP contribution in [-0.4, -0.2) is 29.0 Å². The number of halogens is 1. The molecule has 94 valence electrons. The molecule has 0 aliphatic heterocycles. The number of hydrogen-bond acceptors (Lipinski definition) is 5. The molecule has 0 atom stereocenters. The number of esters is 1. The topological polar surface area (TPSA) is 48.4 Å². The van der Waals surface area contributed by atoms with Gasteiger partial charge >= 0.3 is 5.97 Å². The van der Waals surface area contributed by atoms with E-state index in [9.17, 15) is 4.79 Å². The van der Waals surface area contributed by atoms with Crippen LogP contribution in [0.25, 0.3) is 0 Å². The first-order valence-corrected chi connectivity index (χ1v) is 6.96. The Balaban J connectivity index is 1.97. The fourth-order valence-corrected chi connectivity index (χ4v) is 2.61. The van der Waals surface area contributed by atoms with Crippen LogP contribution in [0.1, 0.15) is 33.2 Å². The van der Waals surface area contributed by atoms with Crippen molar-refractivity contribution in [1.82, 2.24) is 4.98 Å². The molecule has 6 heteroatoms. The summed E-state index contributed by atoms with van der Waals surface area (Å²) < 4.78 is 10.3. The highest BCUT2D eigenvalue weighted by Crippen LogP contribution is 2.44. The number of alkyl halides is 1. The molecular formula is C11H14BrNO3S. The third-order valence-electron chi connectivity index (χ3n) is 2.55. The molecule has 1 aliphatic rings. The minimum Gasteiger partial charge on any atom is -0.460 e. The van der Waals surface area contributed by atoms with E-state index in [1.54, 1.807) is 7.11 Å². The Morgan fingerprint density at radius 3 is 2.88 bits per heavy atom. The van der Waals surface area contributed by atoms with Crippen LogP contribution in [-0.2, 0) is 16.1 Å². The second-order valence-corrected chi connectivity index (χ2v) is 6.95. The monoisotopic (exact) mass is 319 g/mol. The number of aromatic nitrogens is 1. The molecule has 0 N–H and O–H groups in total. The first kappa shape index (κ1) is 13.0. The van der Waals surface area contributed by atoms with Crippen LogP contribution in [0, 0.1) is 6.92 Å². The lowest BCUT2D eigenvalue weighted by Gasteiger charge is -2.06. The molecule has 0 bridgehead atoms. The van der Waals surface area contributed by atoms with Crippen LogP contribution in [0.5, 0.6) is 0 Å². The number of aryl methyl sites for hydroxylation is 1. The van der Waals surface area contributed by atoms with Crippen molar-refractivity contribution in [2.75, 3.05) is 13.7 Å². The van der Waals surface area contributed by atoms with E-state index in [0.717, 1.165) is 17.8 Å². The minimum absolute atomic E-state index is 0.0383. The summed E-state index contributed by atoms with van der Waals surface area (Å²) in [6.45, 7) is 2.68. The number of thiazole rings is 1. The molecule has 0 spiro atoms. The van der Waals surface area contributed by atoms with E-state index in [1.807, 2.05) is 6.92 Å². The molecule has 1 saturated carbocycles. The van der Waals surface area contributed by atoms with Gasteiger partial charge in [0.15, 0.2) is 0 Å². The second-order valence-electron chi connectivity index (χ2n) is 4.18. The van der Waals surface area contributed by atoms with Gasteiger partial charge in [-0.05, 0) is 19.8 Å². The maximum atomic E-state index is 11.8. The fraction of sp³-hybridized carbons (Fsp3) is 0.636. The molecule has 1 aliphatic carbocycles. The predicted octanol–water partition coefficient (Wildman–Crippen LogP) is 2.68. The van der Waals surface area contributed by atoms with Gasteiger partial charge in [0.05, 0.1) is 16.6 Å². The summed E-state index contributed by atoms with van der Waals surface area (Å²) in [6.07, 6.45) is 2.13. The maximum absolute atomic E-state index is 11.8. The van der Waals surface area contributed by atoms with Gasteiger partial charge in [0.1, 0.15) is 16.5 Å². The van der Waals surface area contributed by atoms with E-state index < -0.39 is 0 Å². The third-order valence-corrected chi connectivity index (χ3v) is 4.68. The number of nitrogens with zero attached hydrogens (tertiary/aromatic N) is 1. The Morgan fingerprint density at radius 2 is 2.29 bits per heavy atom. The van der Waals surface area contributed by atoms with Gasteiger partial charge < -0.3 is 9.47 Å². The van der Waals surface area contributed by atoms with Crippen molar-refractivity contribution < 1.29 is 14.3 Å². The summed E-state index contributed by atoms with van der Waals surface area (Å²) in [6, 6.07) is 0. The molecule has 0 saturated heterocycles. The molecular weight excluding hydrogens is 306 g/mol. The third kappa shape index (κ3) is 3.26. The summed E-state index contributed by atoms with van der Waals surface area (Å²) in [5.74, 6) is -0.284. The van der Waals surface area contributed by atoms with Gasteiger partial charge in [-0.1, -0.05) is 15.9 Å². The number of carbonyl (C=O) groups excluding carboxylic acids is 1. The summed E-state index contributed by atoms with van der Waals surface area (Å²) in [7, 11) is 1.61. The molecule has 1 heterocycles. The van der Waals surface area contributed by atoms with Crippen molar-refractivity contribution in [2.45, 2.75) is 30.7 Å². The second kappa shape index (κ2) is 5.04. The molecule has 0 aromatic carbocycles. The van der Waals surface area contributed by atoms with E-state index in [-0.39, 0.29) is 10.3 Å². The highest BCUT2D eigenvalue weighted by molar-refractivity contribution is 9.10. The van der Waals surface area contributed by atoms with E-state index >= 15 is 0 Å². The van der Waals surface area contributed by atoms with Gasteiger partial charge in [-0.2, -0.15) is 0 Å². The first-order chi connectivity index (χ1) is 8.04. The number of rotatable bonds is 5. The lowest BCUT2D eigenvalue weighted by molar-refractivity contribution is 0.0505. The quantitative estimate of drug-likeness (QED) is 0.618.